The van der Waals surface area contributed by atoms with E-state index in [0.717, 1.165) is 5.56 Å². The Hall–Kier alpha value is -3.14. The molecule has 28 heavy (non-hydrogen) atoms. The Morgan fingerprint density at radius 3 is 2.79 bits per heavy atom. The third-order valence-electron chi connectivity index (χ3n) is 4.66. The first-order valence-corrected chi connectivity index (χ1v) is 8.53. The fourth-order valence-corrected chi connectivity index (χ4v) is 3.27. The Balaban J connectivity index is 0.000000878. The first-order chi connectivity index (χ1) is 13.4. The zero-order chi connectivity index (χ0) is 20.7. The first-order valence-electron chi connectivity index (χ1n) is 8.53. The second kappa shape index (κ2) is 9.18. The number of methoxy groups -OCH3 is 1. The van der Waals surface area contributed by atoms with Crippen LogP contribution in [0.25, 0.3) is 0 Å². The van der Waals surface area contributed by atoms with Crippen LogP contribution in [0.15, 0.2) is 28.8 Å². The molecule has 1 aliphatic heterocycles. The maximum Gasteiger partial charge on any atom is 0.314 e. The third kappa shape index (κ3) is 4.58. The number of hydrogen-bond acceptors (Lipinski definition) is 8. The van der Waals surface area contributed by atoms with E-state index >= 15 is 0 Å². The van der Waals surface area contributed by atoms with Gasteiger partial charge in [-0.25, -0.2) is 0 Å². The average molecular weight is 393 g/mol. The SMILES string of the molecule is COc1cccc(C[C@@]2(C(=O)O)CN(c3noc(C)n3)CC[C@@H]2O)c1.O=CO. The number of piperidine rings is 1. The molecule has 0 amide bonds. The quantitative estimate of drug-likeness (QED) is 0.628. The van der Waals surface area contributed by atoms with Crippen LogP contribution >= 0.6 is 0 Å². The highest BCUT2D eigenvalue weighted by atomic mass is 16.5. The Morgan fingerprint density at radius 1 is 1.50 bits per heavy atom. The van der Waals surface area contributed by atoms with Gasteiger partial charge in [0, 0.05) is 20.0 Å². The highest BCUT2D eigenvalue weighted by Crippen LogP contribution is 2.36. The molecule has 1 saturated heterocycles. The molecule has 1 aliphatic rings. The van der Waals surface area contributed by atoms with Gasteiger partial charge < -0.3 is 29.5 Å². The van der Waals surface area contributed by atoms with E-state index < -0.39 is 17.5 Å². The van der Waals surface area contributed by atoms with Crippen LogP contribution in [0.5, 0.6) is 5.75 Å². The predicted octanol–water partition coefficient (Wildman–Crippen LogP) is 0.972. The summed E-state index contributed by atoms with van der Waals surface area (Å²) in [5.41, 5.74) is -0.578. The van der Waals surface area contributed by atoms with E-state index in [4.69, 9.17) is 19.2 Å². The van der Waals surface area contributed by atoms with Gasteiger partial charge in [0.2, 0.25) is 5.89 Å². The fourth-order valence-electron chi connectivity index (χ4n) is 3.27. The smallest absolute Gasteiger partial charge is 0.314 e. The van der Waals surface area contributed by atoms with Gasteiger partial charge in [-0.2, -0.15) is 4.98 Å². The summed E-state index contributed by atoms with van der Waals surface area (Å²) < 4.78 is 10.2. The molecule has 0 radical (unpaired) electrons. The molecule has 1 aromatic carbocycles. The van der Waals surface area contributed by atoms with Crippen LogP contribution in [0.4, 0.5) is 5.95 Å². The van der Waals surface area contributed by atoms with E-state index in [9.17, 15) is 15.0 Å². The number of carbonyl (C=O) groups is 2. The summed E-state index contributed by atoms with van der Waals surface area (Å²) in [5.74, 6) is 0.359. The van der Waals surface area contributed by atoms with Crippen LogP contribution in [-0.2, 0) is 16.0 Å². The monoisotopic (exact) mass is 393 g/mol. The molecule has 0 bridgehead atoms. The number of aliphatic hydroxyl groups is 1. The number of aliphatic hydroxyl groups excluding tert-OH is 1. The molecule has 3 N–H and O–H groups in total. The zero-order valence-electron chi connectivity index (χ0n) is 15.6. The van der Waals surface area contributed by atoms with Crippen LogP contribution < -0.4 is 9.64 Å². The van der Waals surface area contributed by atoms with E-state index in [-0.39, 0.29) is 19.4 Å². The van der Waals surface area contributed by atoms with Gasteiger partial charge in [-0.15, -0.1) is 0 Å². The fraction of sp³-hybridized carbons (Fsp3) is 0.444. The molecule has 10 heteroatoms. The standard InChI is InChI=1S/C17H21N3O5.CH2O2/c1-11-18-16(19-25-11)20-7-6-14(21)17(10-20,15(22)23)9-12-4-3-5-13(8-12)24-2;2-1-3/h3-5,8,14,21H,6-7,9-10H2,1-2H3,(H,22,23);1H,(H,2,3)/t14-,17+;/m0./s1. The Bertz CT molecular complexity index is 810. The van der Waals surface area contributed by atoms with Crippen molar-refractivity contribution in [3.63, 3.8) is 0 Å². The van der Waals surface area contributed by atoms with E-state index in [1.807, 2.05) is 6.07 Å². The van der Waals surface area contributed by atoms with Gasteiger partial charge in [0.05, 0.1) is 13.2 Å². The predicted molar refractivity (Wildman–Crippen MR) is 97.3 cm³/mol. The van der Waals surface area contributed by atoms with E-state index in [1.54, 1.807) is 37.1 Å². The van der Waals surface area contributed by atoms with Crippen LogP contribution in [0.3, 0.4) is 0 Å². The highest BCUT2D eigenvalue weighted by Gasteiger charge is 2.50. The number of carboxylic acid groups (broad SMARTS) is 2. The topological polar surface area (TPSA) is 146 Å². The Morgan fingerprint density at radius 2 is 2.21 bits per heavy atom. The minimum atomic E-state index is -1.36. The molecule has 152 valence electrons. The number of anilines is 1. The van der Waals surface area contributed by atoms with Crippen molar-refractivity contribution in [2.45, 2.75) is 25.9 Å². The van der Waals surface area contributed by atoms with Crippen molar-refractivity contribution in [3.8, 4) is 5.75 Å². The molecule has 3 rings (SSSR count). The second-order valence-electron chi connectivity index (χ2n) is 6.43. The number of ether oxygens (including phenoxy) is 1. The number of hydrogen-bond donors (Lipinski definition) is 3. The largest absolute Gasteiger partial charge is 0.497 e. The number of carboxylic acids is 1. The minimum Gasteiger partial charge on any atom is -0.497 e. The lowest BCUT2D eigenvalue weighted by Crippen LogP contribution is -2.57. The number of nitrogens with zero attached hydrogens (tertiary/aromatic N) is 3. The molecular formula is C18H23N3O7. The molecule has 0 spiro atoms. The normalized spacial score (nSPS) is 21.4. The molecule has 2 aromatic rings. The zero-order valence-corrected chi connectivity index (χ0v) is 15.6. The summed E-state index contributed by atoms with van der Waals surface area (Å²) in [5, 5.41) is 31.2. The van der Waals surface area contributed by atoms with Crippen molar-refractivity contribution in [3.05, 3.63) is 35.7 Å². The third-order valence-corrected chi connectivity index (χ3v) is 4.66. The second-order valence-corrected chi connectivity index (χ2v) is 6.43. The van der Waals surface area contributed by atoms with Crippen molar-refractivity contribution in [2.24, 2.45) is 5.41 Å². The van der Waals surface area contributed by atoms with E-state index in [1.165, 1.54) is 0 Å². The lowest BCUT2D eigenvalue weighted by atomic mass is 9.73. The number of benzene rings is 1. The lowest BCUT2D eigenvalue weighted by molar-refractivity contribution is -0.157. The van der Waals surface area contributed by atoms with Crippen molar-refractivity contribution in [1.82, 2.24) is 10.1 Å². The summed E-state index contributed by atoms with van der Waals surface area (Å²) in [6, 6.07) is 7.22. The number of rotatable bonds is 5. The molecule has 2 heterocycles. The van der Waals surface area contributed by atoms with Gasteiger partial charge in [0.15, 0.2) is 0 Å². The van der Waals surface area contributed by atoms with Gasteiger partial charge in [0.1, 0.15) is 11.2 Å². The van der Waals surface area contributed by atoms with E-state index in [0.29, 0.717) is 30.6 Å². The molecule has 0 aliphatic carbocycles. The Kier molecular flexibility index (Phi) is 6.94. The maximum atomic E-state index is 12.1. The van der Waals surface area contributed by atoms with Gasteiger partial charge in [0.25, 0.3) is 12.4 Å². The first kappa shape index (κ1) is 21.2. The van der Waals surface area contributed by atoms with Crippen molar-refractivity contribution in [2.75, 3.05) is 25.1 Å². The number of aliphatic carboxylic acids is 1. The summed E-state index contributed by atoms with van der Waals surface area (Å²) >= 11 is 0. The molecule has 1 aromatic heterocycles. The highest BCUT2D eigenvalue weighted by molar-refractivity contribution is 5.77. The van der Waals surface area contributed by atoms with E-state index in [2.05, 4.69) is 10.1 Å². The Labute approximate surface area is 161 Å². The number of aromatic nitrogens is 2. The summed E-state index contributed by atoms with van der Waals surface area (Å²) in [6.07, 6.45) is -0.488. The van der Waals surface area contributed by atoms with Crippen molar-refractivity contribution in [1.29, 1.82) is 0 Å². The van der Waals surface area contributed by atoms with Crippen LogP contribution in [-0.4, -0.2) is 64.2 Å². The van der Waals surface area contributed by atoms with Crippen LogP contribution in [0, 0.1) is 12.3 Å². The molecule has 10 nitrogen and oxygen atoms in total. The summed E-state index contributed by atoms with van der Waals surface area (Å²) in [7, 11) is 1.56. The lowest BCUT2D eigenvalue weighted by Gasteiger charge is -2.43. The average Bonchev–Trinajstić information content (AvgIpc) is 3.10. The van der Waals surface area contributed by atoms with Gasteiger partial charge in [-0.05, 0) is 35.7 Å². The molecule has 1 fully saturated rings. The van der Waals surface area contributed by atoms with Crippen LogP contribution in [0.1, 0.15) is 17.9 Å². The summed E-state index contributed by atoms with van der Waals surface area (Å²) in [6.45, 7) is 1.99. The molecular weight excluding hydrogens is 370 g/mol. The minimum absolute atomic E-state index is 0.0969. The summed E-state index contributed by atoms with van der Waals surface area (Å²) in [4.78, 5) is 26.4. The number of aryl methyl sites for hydroxylation is 1. The molecule has 0 unspecified atom stereocenters. The van der Waals surface area contributed by atoms with Crippen LogP contribution in [0.2, 0.25) is 0 Å². The molecule has 2 atom stereocenters. The van der Waals surface area contributed by atoms with Gasteiger partial charge in [-0.3, -0.25) is 9.59 Å². The maximum absolute atomic E-state index is 12.1. The molecule has 0 saturated carbocycles. The van der Waals surface area contributed by atoms with Gasteiger partial charge in [-0.1, -0.05) is 12.1 Å². The van der Waals surface area contributed by atoms with Crippen molar-refractivity contribution < 1.29 is 34.2 Å². The van der Waals surface area contributed by atoms with Gasteiger partial charge >= 0.3 is 5.97 Å². The van der Waals surface area contributed by atoms with Crippen molar-refractivity contribution >= 4 is 18.4 Å².